The third kappa shape index (κ3) is 14.6. The lowest BCUT2D eigenvalue weighted by atomic mass is 10.2. The van der Waals surface area contributed by atoms with Gasteiger partial charge in [-0.05, 0) is 64.3 Å². The minimum absolute atomic E-state index is 0.00949. The van der Waals surface area contributed by atoms with Gasteiger partial charge in [-0.25, -0.2) is 0 Å². The summed E-state index contributed by atoms with van der Waals surface area (Å²) in [6.07, 6.45) is 9.09. The maximum Gasteiger partial charge on any atom is 0.311 e. The van der Waals surface area contributed by atoms with E-state index in [1.165, 1.54) is 0 Å². The molecule has 2 aromatic rings. The van der Waals surface area contributed by atoms with Gasteiger partial charge in [-0.15, -0.1) is 0 Å². The molecule has 210 valence electrons. The molecule has 2 N–H and O–H groups in total. The van der Waals surface area contributed by atoms with Crippen LogP contribution in [0.5, 0.6) is 5.75 Å². The van der Waals surface area contributed by atoms with Gasteiger partial charge >= 0.3 is 11.9 Å². The maximum atomic E-state index is 11.9. The summed E-state index contributed by atoms with van der Waals surface area (Å²) in [5, 5.41) is 15.4. The largest absolute Gasteiger partial charge is 0.494 e. The van der Waals surface area contributed by atoms with Crippen molar-refractivity contribution in [2.45, 2.75) is 71.6 Å². The Kier molecular flexibility index (Phi) is 13.6. The summed E-state index contributed by atoms with van der Waals surface area (Å²) >= 11 is 5.87. The van der Waals surface area contributed by atoms with Crippen molar-refractivity contribution in [1.29, 1.82) is 5.26 Å². The van der Waals surface area contributed by atoms with Crippen molar-refractivity contribution in [2.24, 2.45) is 4.99 Å². The fourth-order valence-electron chi connectivity index (χ4n) is 3.22. The number of benzene rings is 1. The second-order valence-corrected chi connectivity index (χ2v) is 10.1. The lowest BCUT2D eigenvalue weighted by Crippen LogP contribution is -2.35. The van der Waals surface area contributed by atoms with Crippen molar-refractivity contribution in [3.8, 4) is 11.9 Å². The molecule has 11 heteroatoms. The van der Waals surface area contributed by atoms with Gasteiger partial charge in [0.05, 0.1) is 25.1 Å². The van der Waals surface area contributed by atoms with Gasteiger partial charge in [-0.2, -0.15) is 9.83 Å². The third-order valence-corrected chi connectivity index (χ3v) is 5.31. The number of nitriles is 1. The van der Waals surface area contributed by atoms with Gasteiger partial charge in [0.2, 0.25) is 5.96 Å². The van der Waals surface area contributed by atoms with Crippen molar-refractivity contribution in [1.82, 2.24) is 5.32 Å². The lowest BCUT2D eigenvalue weighted by Gasteiger charge is -2.19. The Morgan fingerprint density at radius 3 is 2.33 bits per heavy atom. The molecule has 0 amide bonds. The number of hydrogen-bond donors (Lipinski definition) is 2. The highest BCUT2D eigenvalue weighted by Crippen LogP contribution is 2.16. The Bertz CT molecular complexity index is 1110. The Morgan fingerprint density at radius 2 is 1.67 bits per heavy atom. The van der Waals surface area contributed by atoms with E-state index < -0.39 is 17.5 Å². The van der Waals surface area contributed by atoms with E-state index in [1.54, 1.807) is 62.0 Å². The predicted octanol–water partition coefficient (Wildman–Crippen LogP) is 4.73. The van der Waals surface area contributed by atoms with Gasteiger partial charge in [0, 0.05) is 23.7 Å². The van der Waals surface area contributed by atoms with Crippen molar-refractivity contribution < 1.29 is 28.4 Å². The molecule has 10 nitrogen and oxygen atoms in total. The molecule has 0 fully saturated rings. The lowest BCUT2D eigenvalue weighted by molar-refractivity contribution is -0.727. The monoisotopic (exact) mass is 558 g/mol. The fourth-order valence-corrected chi connectivity index (χ4v) is 3.35. The number of hydrogen-bond acceptors (Lipinski definition) is 7. The van der Waals surface area contributed by atoms with Crippen LogP contribution < -0.4 is 19.9 Å². The van der Waals surface area contributed by atoms with E-state index in [4.69, 9.17) is 31.1 Å². The molecule has 1 heterocycles. The zero-order chi connectivity index (χ0) is 28.5. The van der Waals surface area contributed by atoms with Crippen molar-refractivity contribution in [3.05, 3.63) is 53.8 Å². The highest BCUT2D eigenvalue weighted by atomic mass is 35.5. The molecule has 0 radical (unpaired) electrons. The topological polar surface area (TPSA) is 126 Å². The molecule has 0 unspecified atom stereocenters. The van der Waals surface area contributed by atoms with Crippen LogP contribution in [0.2, 0.25) is 5.02 Å². The summed E-state index contributed by atoms with van der Waals surface area (Å²) in [7, 11) is 0. The number of guanidine groups is 1. The normalized spacial score (nSPS) is 11.3. The highest BCUT2D eigenvalue weighted by molar-refractivity contribution is 6.30. The molecule has 39 heavy (non-hydrogen) atoms. The number of pyridine rings is 1. The molecule has 1 aromatic carbocycles. The Morgan fingerprint density at radius 1 is 1.00 bits per heavy atom. The second-order valence-electron chi connectivity index (χ2n) is 9.64. The number of halogens is 1. The average Bonchev–Trinajstić information content (AvgIpc) is 2.88. The molecule has 0 aliphatic carbocycles. The quantitative estimate of drug-likeness (QED) is 0.0648. The molecule has 0 saturated carbocycles. The van der Waals surface area contributed by atoms with Gasteiger partial charge < -0.3 is 19.5 Å². The molecule has 0 atom stereocenters. The van der Waals surface area contributed by atoms with Gasteiger partial charge in [0.1, 0.15) is 11.4 Å². The summed E-state index contributed by atoms with van der Waals surface area (Å²) in [4.78, 5) is 28.1. The van der Waals surface area contributed by atoms with Gasteiger partial charge in [0.25, 0.3) is 6.73 Å². The van der Waals surface area contributed by atoms with Crippen LogP contribution in [0.1, 0.15) is 59.3 Å². The number of rotatable bonds is 14. The van der Waals surface area contributed by atoms with E-state index in [0.29, 0.717) is 29.8 Å². The molecule has 0 aliphatic rings. The summed E-state index contributed by atoms with van der Waals surface area (Å²) in [6.45, 7) is 6.54. The molecule has 0 spiro atoms. The Hall–Kier alpha value is -3.84. The minimum atomic E-state index is -0.588. The Labute approximate surface area is 234 Å². The molecule has 0 aliphatic heterocycles. The first kappa shape index (κ1) is 31.4. The number of carbonyl (C=O) groups is 2. The number of esters is 2. The number of nitrogens with zero attached hydrogens (tertiary/aromatic N) is 3. The Balaban J connectivity index is 1.65. The highest BCUT2D eigenvalue weighted by Gasteiger charge is 2.18. The van der Waals surface area contributed by atoms with E-state index in [2.05, 4.69) is 15.6 Å². The van der Waals surface area contributed by atoms with E-state index in [1.807, 2.05) is 18.3 Å². The van der Waals surface area contributed by atoms with Crippen molar-refractivity contribution in [2.75, 3.05) is 18.5 Å². The number of unbranched alkanes of at least 4 members (excludes halogenated alkanes) is 3. The van der Waals surface area contributed by atoms with Crippen LogP contribution >= 0.6 is 11.6 Å². The van der Waals surface area contributed by atoms with Crippen LogP contribution in [0.3, 0.4) is 0 Å². The molecular weight excluding hydrogens is 522 g/mol. The summed E-state index contributed by atoms with van der Waals surface area (Å²) in [5.41, 5.74) is 0.123. The average molecular weight is 559 g/mol. The van der Waals surface area contributed by atoms with E-state index in [9.17, 15) is 9.59 Å². The standard InChI is InChI=1S/C28H36ClN5O5/c1-28(2,3)39-26(36)13-12-25(35)38-21-34-17-14-23(15-18-34)33-27(32-20-30)31-16-6-4-5-7-19-37-24-10-8-22(29)9-11-24/h8-11,14-15,17-18H,4-7,12-13,16,19,21H2,1-3H3,(H,31,32)/p+1. The van der Waals surface area contributed by atoms with E-state index in [0.717, 1.165) is 31.4 Å². The summed E-state index contributed by atoms with van der Waals surface area (Å²) in [6, 6.07) is 10.8. The van der Waals surface area contributed by atoms with Crippen LogP contribution in [-0.4, -0.2) is 36.7 Å². The second kappa shape index (κ2) is 16.9. The van der Waals surface area contributed by atoms with E-state index in [-0.39, 0.29) is 19.6 Å². The third-order valence-electron chi connectivity index (χ3n) is 5.06. The first-order chi connectivity index (χ1) is 18.6. The van der Waals surface area contributed by atoms with Crippen LogP contribution in [0.15, 0.2) is 53.8 Å². The first-order valence-corrected chi connectivity index (χ1v) is 13.2. The van der Waals surface area contributed by atoms with Crippen LogP contribution in [0.25, 0.3) is 0 Å². The zero-order valence-corrected chi connectivity index (χ0v) is 23.5. The van der Waals surface area contributed by atoms with Crippen LogP contribution in [-0.2, 0) is 25.8 Å². The van der Waals surface area contributed by atoms with Crippen LogP contribution in [0, 0.1) is 11.5 Å². The summed E-state index contributed by atoms with van der Waals surface area (Å²) in [5.74, 6) is 0.239. The number of carbonyl (C=O) groups excluding carboxylic acids is 2. The molecule has 1 aromatic heterocycles. The van der Waals surface area contributed by atoms with Crippen molar-refractivity contribution in [3.63, 3.8) is 0 Å². The number of anilines is 1. The maximum absolute atomic E-state index is 11.9. The minimum Gasteiger partial charge on any atom is -0.494 e. The zero-order valence-electron chi connectivity index (χ0n) is 22.7. The van der Waals surface area contributed by atoms with E-state index >= 15 is 0 Å². The predicted molar refractivity (Wildman–Crippen MR) is 148 cm³/mol. The van der Waals surface area contributed by atoms with Crippen LogP contribution in [0.4, 0.5) is 5.69 Å². The number of ether oxygens (including phenoxy) is 3. The fraction of sp³-hybridized carbons (Fsp3) is 0.464. The van der Waals surface area contributed by atoms with Crippen molar-refractivity contribution >= 4 is 35.2 Å². The van der Waals surface area contributed by atoms with Gasteiger partial charge in [0.15, 0.2) is 18.6 Å². The number of aromatic nitrogens is 1. The molecule has 0 saturated heterocycles. The number of aliphatic imine (C=N–C) groups is 1. The number of nitrogens with one attached hydrogen (secondary N) is 2. The molecule has 2 rings (SSSR count). The molecule has 0 bridgehead atoms. The van der Waals surface area contributed by atoms with Gasteiger partial charge in [-0.3, -0.25) is 19.9 Å². The SMILES string of the molecule is CC(C)(C)OC(=O)CCC(=O)OC[n+]1ccc(NC(=NCCCCCCOc2ccc(Cl)cc2)NC#N)cc1. The summed E-state index contributed by atoms with van der Waals surface area (Å²) < 4.78 is 17.7. The molecular formula is C28H37ClN5O5+. The smallest absolute Gasteiger partial charge is 0.311 e. The van der Waals surface area contributed by atoms with Gasteiger partial charge in [-0.1, -0.05) is 18.0 Å². The first-order valence-electron chi connectivity index (χ1n) is 12.9.